The molecule has 0 atom stereocenters. The number of hydrogen-bond donors (Lipinski definition) is 0. The second kappa shape index (κ2) is 8.56. The number of piperazine rings is 1. The molecule has 1 aromatic carbocycles. The molecule has 25 heavy (non-hydrogen) atoms. The minimum Gasteiger partial charge on any atom is -0.495 e. The summed E-state index contributed by atoms with van der Waals surface area (Å²) in [5.41, 5.74) is 1.15. The van der Waals surface area contributed by atoms with Gasteiger partial charge in [-0.3, -0.25) is 9.69 Å². The van der Waals surface area contributed by atoms with Crippen molar-refractivity contribution in [1.82, 2.24) is 9.80 Å². The summed E-state index contributed by atoms with van der Waals surface area (Å²) < 4.78 is 5.47. The number of rotatable bonds is 5. The summed E-state index contributed by atoms with van der Waals surface area (Å²) in [4.78, 5) is 19.3. The molecular weight excluding hydrogens is 314 g/mol. The Morgan fingerprint density at radius 1 is 1.12 bits per heavy atom. The Kier molecular flexibility index (Phi) is 6.19. The maximum absolute atomic E-state index is 12.6. The number of nitrogens with zero attached hydrogens (tertiary/aromatic N) is 3. The van der Waals surface area contributed by atoms with Gasteiger partial charge in [0.2, 0.25) is 5.91 Å². The van der Waals surface area contributed by atoms with E-state index in [1.54, 1.807) is 7.11 Å². The lowest BCUT2D eigenvalue weighted by molar-refractivity contribution is -0.133. The number of benzene rings is 1. The molecule has 0 N–H and O–H groups in total. The number of carbonyl (C=O) groups is 1. The highest BCUT2D eigenvalue weighted by Crippen LogP contribution is 2.28. The molecule has 1 aliphatic heterocycles. The summed E-state index contributed by atoms with van der Waals surface area (Å²) >= 11 is 0. The van der Waals surface area contributed by atoms with E-state index in [0.29, 0.717) is 12.6 Å². The Labute approximate surface area is 151 Å². The van der Waals surface area contributed by atoms with E-state index >= 15 is 0 Å². The smallest absolute Gasteiger partial charge is 0.236 e. The monoisotopic (exact) mass is 345 g/mol. The van der Waals surface area contributed by atoms with Crippen LogP contribution in [-0.2, 0) is 4.79 Å². The summed E-state index contributed by atoms with van der Waals surface area (Å²) in [6.45, 7) is 4.25. The molecule has 1 heterocycles. The van der Waals surface area contributed by atoms with Gasteiger partial charge < -0.3 is 14.5 Å². The fourth-order valence-corrected chi connectivity index (χ4v) is 4.01. The van der Waals surface area contributed by atoms with Gasteiger partial charge in [-0.25, -0.2) is 0 Å². The van der Waals surface area contributed by atoms with Gasteiger partial charge in [0.15, 0.2) is 0 Å². The van der Waals surface area contributed by atoms with Crippen LogP contribution in [0.2, 0.25) is 0 Å². The molecule has 1 aromatic rings. The Morgan fingerprint density at radius 2 is 1.80 bits per heavy atom. The van der Waals surface area contributed by atoms with Crippen LogP contribution < -0.4 is 9.64 Å². The number of methoxy groups -OCH3 is 1. The predicted octanol–water partition coefficient (Wildman–Crippen LogP) is 2.61. The van der Waals surface area contributed by atoms with E-state index in [9.17, 15) is 4.79 Å². The molecule has 3 rings (SSSR count). The van der Waals surface area contributed by atoms with Crippen molar-refractivity contribution in [2.45, 2.75) is 38.1 Å². The van der Waals surface area contributed by atoms with Crippen molar-refractivity contribution in [3.8, 4) is 5.75 Å². The second-order valence-electron chi connectivity index (χ2n) is 7.23. The van der Waals surface area contributed by atoms with Gasteiger partial charge in [-0.15, -0.1) is 0 Å². The van der Waals surface area contributed by atoms with Crippen LogP contribution in [0.3, 0.4) is 0 Å². The quantitative estimate of drug-likeness (QED) is 0.822. The first-order valence-electron chi connectivity index (χ1n) is 9.55. The molecule has 1 saturated heterocycles. The maximum atomic E-state index is 12.6. The summed E-state index contributed by atoms with van der Waals surface area (Å²) in [6.07, 6.45) is 6.19. The van der Waals surface area contributed by atoms with Crippen LogP contribution in [0.4, 0.5) is 5.69 Å². The molecule has 1 aliphatic carbocycles. The summed E-state index contributed by atoms with van der Waals surface area (Å²) in [7, 11) is 3.71. The molecule has 2 aliphatic rings. The van der Waals surface area contributed by atoms with Crippen LogP contribution >= 0.6 is 0 Å². The Morgan fingerprint density at radius 3 is 2.48 bits per heavy atom. The first kappa shape index (κ1) is 18.1. The highest BCUT2D eigenvalue weighted by atomic mass is 16.5. The maximum Gasteiger partial charge on any atom is 0.236 e. The largest absolute Gasteiger partial charge is 0.495 e. The van der Waals surface area contributed by atoms with Crippen molar-refractivity contribution in [3.63, 3.8) is 0 Å². The molecule has 0 bridgehead atoms. The summed E-state index contributed by atoms with van der Waals surface area (Å²) in [5, 5.41) is 0. The van der Waals surface area contributed by atoms with Crippen LogP contribution in [0, 0.1) is 0 Å². The normalized spacial score (nSPS) is 19.7. The van der Waals surface area contributed by atoms with Crippen LogP contribution in [0.25, 0.3) is 0 Å². The van der Waals surface area contributed by atoms with Crippen molar-refractivity contribution in [2.75, 3.05) is 51.8 Å². The first-order valence-corrected chi connectivity index (χ1v) is 9.55. The Hall–Kier alpha value is -1.75. The van der Waals surface area contributed by atoms with Gasteiger partial charge in [0.05, 0.1) is 19.3 Å². The molecule has 138 valence electrons. The minimum absolute atomic E-state index is 0.276. The second-order valence-corrected chi connectivity index (χ2v) is 7.23. The number of para-hydroxylation sites is 2. The molecule has 2 fully saturated rings. The molecule has 0 radical (unpaired) electrons. The third-order valence-electron chi connectivity index (χ3n) is 5.67. The van der Waals surface area contributed by atoms with Crippen LogP contribution in [-0.4, -0.2) is 68.6 Å². The van der Waals surface area contributed by atoms with Crippen LogP contribution in [0.1, 0.15) is 32.1 Å². The van der Waals surface area contributed by atoms with E-state index < -0.39 is 0 Å². The van der Waals surface area contributed by atoms with Gasteiger partial charge in [-0.1, -0.05) is 31.4 Å². The van der Waals surface area contributed by atoms with Gasteiger partial charge in [-0.2, -0.15) is 0 Å². The van der Waals surface area contributed by atoms with E-state index in [1.807, 2.05) is 30.1 Å². The van der Waals surface area contributed by atoms with E-state index in [1.165, 1.54) is 32.1 Å². The number of likely N-dealkylation sites (N-methyl/N-ethyl adjacent to an activating group) is 1. The van der Waals surface area contributed by atoms with Gasteiger partial charge in [0, 0.05) is 39.3 Å². The highest BCUT2D eigenvalue weighted by molar-refractivity contribution is 5.78. The van der Waals surface area contributed by atoms with Crippen molar-refractivity contribution < 1.29 is 9.53 Å². The molecule has 1 amide bonds. The van der Waals surface area contributed by atoms with Crippen molar-refractivity contribution in [3.05, 3.63) is 24.3 Å². The zero-order chi connectivity index (χ0) is 17.6. The number of hydrogen-bond acceptors (Lipinski definition) is 4. The summed E-state index contributed by atoms with van der Waals surface area (Å²) in [5.74, 6) is 1.20. The third-order valence-corrected chi connectivity index (χ3v) is 5.67. The highest BCUT2D eigenvalue weighted by Gasteiger charge is 2.25. The van der Waals surface area contributed by atoms with Crippen molar-refractivity contribution in [2.24, 2.45) is 0 Å². The number of anilines is 1. The fourth-order valence-electron chi connectivity index (χ4n) is 4.01. The lowest BCUT2D eigenvalue weighted by atomic mass is 9.94. The molecule has 5 heteroatoms. The van der Waals surface area contributed by atoms with E-state index in [4.69, 9.17) is 4.74 Å². The first-order chi connectivity index (χ1) is 12.2. The molecular formula is C20H31N3O2. The number of ether oxygens (including phenoxy) is 1. The zero-order valence-electron chi connectivity index (χ0n) is 15.6. The number of carbonyl (C=O) groups excluding carboxylic acids is 1. The lowest BCUT2D eigenvalue weighted by Crippen LogP contribution is -2.51. The van der Waals surface area contributed by atoms with E-state index in [-0.39, 0.29) is 5.91 Å². The van der Waals surface area contributed by atoms with Crippen LogP contribution in [0.15, 0.2) is 24.3 Å². The average molecular weight is 345 g/mol. The standard InChI is InChI=1S/C20H31N3O2/c1-21(17-8-4-3-5-9-17)20(24)16-22-12-14-23(15-13-22)18-10-6-7-11-19(18)25-2/h6-7,10-11,17H,3-5,8-9,12-16H2,1-2H3. The molecule has 0 unspecified atom stereocenters. The zero-order valence-corrected chi connectivity index (χ0v) is 15.6. The molecule has 0 aromatic heterocycles. The molecule has 5 nitrogen and oxygen atoms in total. The predicted molar refractivity (Wildman–Crippen MR) is 101 cm³/mol. The van der Waals surface area contributed by atoms with E-state index in [2.05, 4.69) is 15.9 Å². The van der Waals surface area contributed by atoms with Gasteiger partial charge >= 0.3 is 0 Å². The lowest BCUT2D eigenvalue weighted by Gasteiger charge is -2.38. The molecule has 1 saturated carbocycles. The summed E-state index contributed by atoms with van der Waals surface area (Å²) in [6, 6.07) is 8.61. The fraction of sp³-hybridized carbons (Fsp3) is 0.650. The van der Waals surface area contributed by atoms with Crippen molar-refractivity contribution >= 4 is 11.6 Å². The van der Waals surface area contributed by atoms with Gasteiger partial charge in [0.1, 0.15) is 5.75 Å². The topological polar surface area (TPSA) is 36.0 Å². The van der Waals surface area contributed by atoms with Crippen LogP contribution in [0.5, 0.6) is 5.75 Å². The third kappa shape index (κ3) is 4.46. The van der Waals surface area contributed by atoms with Crippen molar-refractivity contribution in [1.29, 1.82) is 0 Å². The van der Waals surface area contributed by atoms with Gasteiger partial charge in [-0.05, 0) is 25.0 Å². The Balaban J connectivity index is 1.49. The SMILES string of the molecule is COc1ccccc1N1CCN(CC(=O)N(C)C2CCCCC2)CC1. The average Bonchev–Trinajstić information content (AvgIpc) is 2.68. The Bertz CT molecular complexity index is 564. The molecule has 0 spiro atoms. The van der Waals surface area contributed by atoms with Gasteiger partial charge in [0.25, 0.3) is 0 Å². The minimum atomic E-state index is 0.276. The van der Waals surface area contributed by atoms with E-state index in [0.717, 1.165) is 37.6 Å². The number of amides is 1.